The van der Waals surface area contributed by atoms with Crippen LogP contribution in [0, 0.1) is 30.2 Å². The highest BCUT2D eigenvalue weighted by Gasteiger charge is 2.30. The summed E-state index contributed by atoms with van der Waals surface area (Å²) in [6.07, 6.45) is 0.604. The van der Waals surface area contributed by atoms with Gasteiger partial charge in [0.2, 0.25) is 0 Å². The molecule has 0 radical (unpaired) electrons. The summed E-state index contributed by atoms with van der Waals surface area (Å²) in [5.74, 6) is -5.65. The topological polar surface area (TPSA) is 3.24 Å². The zero-order valence-corrected chi connectivity index (χ0v) is 10.7. The van der Waals surface area contributed by atoms with Crippen LogP contribution < -0.4 is 4.90 Å². The third kappa shape index (κ3) is 1.69. The fourth-order valence-electron chi connectivity index (χ4n) is 2.54. The SMILES string of the molecule is Cc1c(F)c(F)c(F)c(N2CCc3ccccc32)c1F. The Morgan fingerprint density at radius 3 is 2.35 bits per heavy atom. The summed E-state index contributed by atoms with van der Waals surface area (Å²) in [5, 5.41) is 0. The van der Waals surface area contributed by atoms with Crippen LogP contribution in [0.25, 0.3) is 0 Å². The molecule has 1 nitrogen and oxygen atoms in total. The van der Waals surface area contributed by atoms with Gasteiger partial charge in [0, 0.05) is 17.8 Å². The smallest absolute Gasteiger partial charge is 0.197 e. The fraction of sp³-hybridized carbons (Fsp3) is 0.200. The van der Waals surface area contributed by atoms with Gasteiger partial charge >= 0.3 is 0 Å². The Balaban J connectivity index is 2.23. The molecule has 0 unspecified atom stereocenters. The molecule has 1 aliphatic heterocycles. The molecule has 0 aliphatic carbocycles. The van der Waals surface area contributed by atoms with E-state index in [1.165, 1.54) is 4.90 Å². The number of nitrogens with zero attached hydrogens (tertiary/aromatic N) is 1. The summed E-state index contributed by atoms with van der Waals surface area (Å²) in [6, 6.07) is 7.11. The van der Waals surface area contributed by atoms with Gasteiger partial charge in [-0.05, 0) is 25.0 Å². The summed E-state index contributed by atoms with van der Waals surface area (Å²) in [4.78, 5) is 1.36. The van der Waals surface area contributed by atoms with Gasteiger partial charge in [-0.2, -0.15) is 0 Å². The van der Waals surface area contributed by atoms with Crippen molar-refractivity contribution in [3.05, 3.63) is 58.7 Å². The molecule has 0 atom stereocenters. The van der Waals surface area contributed by atoms with Crippen LogP contribution in [0.3, 0.4) is 0 Å². The lowest BCUT2D eigenvalue weighted by Crippen LogP contribution is -2.19. The number of halogens is 4. The van der Waals surface area contributed by atoms with Crippen molar-refractivity contribution in [2.45, 2.75) is 13.3 Å². The normalized spacial score (nSPS) is 13.8. The van der Waals surface area contributed by atoms with E-state index < -0.39 is 34.5 Å². The highest BCUT2D eigenvalue weighted by atomic mass is 19.2. The number of para-hydroxylation sites is 1. The van der Waals surface area contributed by atoms with Crippen molar-refractivity contribution in [1.82, 2.24) is 0 Å². The first-order chi connectivity index (χ1) is 9.52. The Kier molecular flexibility index (Phi) is 2.92. The average Bonchev–Trinajstić information content (AvgIpc) is 2.87. The first-order valence-corrected chi connectivity index (χ1v) is 6.20. The highest BCUT2D eigenvalue weighted by molar-refractivity contribution is 5.71. The maximum atomic E-state index is 14.2. The molecule has 0 saturated heterocycles. The molecule has 0 saturated carbocycles. The van der Waals surface area contributed by atoms with Crippen LogP contribution in [-0.2, 0) is 6.42 Å². The predicted octanol–water partition coefficient (Wildman–Crippen LogP) is 4.25. The number of hydrogen-bond acceptors (Lipinski definition) is 1. The lowest BCUT2D eigenvalue weighted by atomic mass is 10.1. The van der Waals surface area contributed by atoms with E-state index in [-0.39, 0.29) is 0 Å². The van der Waals surface area contributed by atoms with E-state index in [4.69, 9.17) is 0 Å². The third-order valence-electron chi connectivity index (χ3n) is 3.62. The van der Waals surface area contributed by atoms with E-state index in [0.717, 1.165) is 12.5 Å². The van der Waals surface area contributed by atoms with Crippen molar-refractivity contribution in [3.8, 4) is 0 Å². The van der Waals surface area contributed by atoms with Crippen molar-refractivity contribution < 1.29 is 17.6 Å². The number of fused-ring (bicyclic) bond motifs is 1. The lowest BCUT2D eigenvalue weighted by Gasteiger charge is -2.22. The van der Waals surface area contributed by atoms with Gasteiger partial charge in [-0.15, -0.1) is 0 Å². The second kappa shape index (κ2) is 4.51. The van der Waals surface area contributed by atoms with Crippen molar-refractivity contribution >= 4 is 11.4 Å². The summed E-state index contributed by atoms with van der Waals surface area (Å²) in [7, 11) is 0. The molecule has 20 heavy (non-hydrogen) atoms. The minimum atomic E-state index is -1.64. The average molecular weight is 281 g/mol. The molecular formula is C15H11F4N. The number of anilines is 2. The molecule has 0 amide bonds. The van der Waals surface area contributed by atoms with Gasteiger partial charge < -0.3 is 4.90 Å². The van der Waals surface area contributed by atoms with Crippen LogP contribution in [-0.4, -0.2) is 6.54 Å². The Morgan fingerprint density at radius 2 is 1.60 bits per heavy atom. The van der Waals surface area contributed by atoms with Gasteiger partial charge in [0.1, 0.15) is 5.69 Å². The van der Waals surface area contributed by atoms with Gasteiger partial charge in [-0.25, -0.2) is 17.6 Å². The van der Waals surface area contributed by atoms with Crippen LogP contribution in [0.15, 0.2) is 24.3 Å². The van der Waals surface area contributed by atoms with Crippen molar-refractivity contribution in [2.24, 2.45) is 0 Å². The molecule has 0 fully saturated rings. The van der Waals surface area contributed by atoms with Crippen molar-refractivity contribution in [3.63, 3.8) is 0 Å². The minimum absolute atomic E-state index is 0.331. The number of benzene rings is 2. The van der Waals surface area contributed by atoms with Crippen LogP contribution in [0.1, 0.15) is 11.1 Å². The van der Waals surface area contributed by atoms with E-state index in [2.05, 4.69) is 0 Å². The number of rotatable bonds is 1. The highest BCUT2D eigenvalue weighted by Crippen LogP contribution is 2.39. The summed E-state index contributed by atoms with van der Waals surface area (Å²) >= 11 is 0. The molecule has 0 aromatic heterocycles. The van der Waals surface area contributed by atoms with Crippen LogP contribution in [0.5, 0.6) is 0 Å². The molecule has 2 aromatic carbocycles. The summed E-state index contributed by atoms with van der Waals surface area (Å²) in [5.41, 5.74) is 0.513. The molecule has 2 aromatic rings. The fourth-order valence-corrected chi connectivity index (χ4v) is 2.54. The first kappa shape index (κ1) is 13.0. The van der Waals surface area contributed by atoms with E-state index >= 15 is 0 Å². The molecular weight excluding hydrogens is 270 g/mol. The van der Waals surface area contributed by atoms with E-state index in [1.807, 2.05) is 12.1 Å². The van der Waals surface area contributed by atoms with E-state index in [1.54, 1.807) is 12.1 Å². The zero-order valence-electron chi connectivity index (χ0n) is 10.7. The Labute approximate surface area is 113 Å². The van der Waals surface area contributed by atoms with Crippen molar-refractivity contribution in [1.29, 1.82) is 0 Å². The Morgan fingerprint density at radius 1 is 0.900 bits per heavy atom. The van der Waals surface area contributed by atoms with Gasteiger partial charge in [-0.1, -0.05) is 18.2 Å². The monoisotopic (exact) mass is 281 g/mol. The summed E-state index contributed by atoms with van der Waals surface area (Å²) < 4.78 is 55.0. The van der Waals surface area contributed by atoms with Gasteiger partial charge in [-0.3, -0.25) is 0 Å². The second-order valence-electron chi connectivity index (χ2n) is 4.76. The molecule has 104 valence electrons. The van der Waals surface area contributed by atoms with Crippen LogP contribution in [0.4, 0.5) is 28.9 Å². The number of hydrogen-bond donors (Lipinski definition) is 0. The van der Waals surface area contributed by atoms with Gasteiger partial charge in [0.05, 0.1) is 0 Å². The lowest BCUT2D eigenvalue weighted by molar-refractivity contribution is 0.429. The van der Waals surface area contributed by atoms with Crippen molar-refractivity contribution in [2.75, 3.05) is 11.4 Å². The Bertz CT molecular complexity index is 668. The first-order valence-electron chi connectivity index (χ1n) is 6.20. The molecule has 5 heteroatoms. The van der Waals surface area contributed by atoms with Crippen LogP contribution in [0.2, 0.25) is 0 Å². The summed E-state index contributed by atoms with van der Waals surface area (Å²) in [6.45, 7) is 1.43. The third-order valence-corrected chi connectivity index (χ3v) is 3.62. The minimum Gasteiger partial charge on any atom is -0.336 e. The molecule has 3 rings (SSSR count). The molecule has 1 heterocycles. The quantitative estimate of drug-likeness (QED) is 0.429. The largest absolute Gasteiger partial charge is 0.336 e. The molecule has 0 N–H and O–H groups in total. The molecule has 1 aliphatic rings. The maximum Gasteiger partial charge on any atom is 0.197 e. The van der Waals surface area contributed by atoms with E-state index in [9.17, 15) is 17.6 Å². The van der Waals surface area contributed by atoms with Crippen LogP contribution >= 0.6 is 0 Å². The second-order valence-corrected chi connectivity index (χ2v) is 4.76. The molecule has 0 spiro atoms. The standard InChI is InChI=1S/C15H11F4N/c1-8-11(16)13(18)14(19)15(12(8)17)20-7-6-9-4-2-3-5-10(9)20/h2-5H,6-7H2,1H3. The Hall–Kier alpha value is -2.04. The van der Waals surface area contributed by atoms with Gasteiger partial charge in [0.25, 0.3) is 0 Å². The zero-order chi connectivity index (χ0) is 14.4. The maximum absolute atomic E-state index is 14.2. The van der Waals surface area contributed by atoms with Gasteiger partial charge in [0.15, 0.2) is 23.3 Å². The molecule has 0 bridgehead atoms. The van der Waals surface area contributed by atoms with E-state index in [0.29, 0.717) is 18.7 Å². The predicted molar refractivity (Wildman–Crippen MR) is 68.2 cm³/mol.